The molecule has 0 saturated heterocycles. The molecule has 0 aromatic carbocycles. The maximum absolute atomic E-state index is 11.4. The molecule has 0 aliphatic carbocycles. The predicted molar refractivity (Wildman–Crippen MR) is 78.0 cm³/mol. The standard InChI is InChI=1S/C13H23N3O2S/c1-10(2)8-16(6-7-18-3)9-11-4-5-12(19-11)13(17)15-14/h4-5,10H,6-9,14H2,1-3H3,(H,15,17). The lowest BCUT2D eigenvalue weighted by atomic mass is 10.2. The van der Waals surface area contributed by atoms with Crippen LogP contribution in [0.1, 0.15) is 28.4 Å². The van der Waals surface area contributed by atoms with Crippen LogP contribution >= 0.6 is 11.3 Å². The van der Waals surface area contributed by atoms with Crippen molar-refractivity contribution in [1.29, 1.82) is 0 Å². The van der Waals surface area contributed by atoms with Gasteiger partial charge in [-0.2, -0.15) is 0 Å². The Bertz CT molecular complexity index is 393. The molecule has 0 radical (unpaired) electrons. The van der Waals surface area contributed by atoms with Crippen LogP contribution in [0.2, 0.25) is 0 Å². The molecule has 0 bridgehead atoms. The van der Waals surface area contributed by atoms with Gasteiger partial charge in [0.05, 0.1) is 11.5 Å². The van der Waals surface area contributed by atoms with Crippen molar-refractivity contribution < 1.29 is 9.53 Å². The van der Waals surface area contributed by atoms with Gasteiger partial charge in [-0.1, -0.05) is 13.8 Å². The monoisotopic (exact) mass is 285 g/mol. The number of hydrogen-bond acceptors (Lipinski definition) is 5. The number of carbonyl (C=O) groups excluding carboxylic acids is 1. The lowest BCUT2D eigenvalue weighted by molar-refractivity contribution is 0.0957. The van der Waals surface area contributed by atoms with E-state index in [9.17, 15) is 4.79 Å². The number of hydrazine groups is 1. The lowest BCUT2D eigenvalue weighted by Crippen LogP contribution is -2.30. The molecule has 0 atom stereocenters. The van der Waals surface area contributed by atoms with E-state index in [0.717, 1.165) is 24.5 Å². The number of nitrogens with two attached hydrogens (primary N) is 1. The minimum Gasteiger partial charge on any atom is -0.383 e. The van der Waals surface area contributed by atoms with E-state index in [4.69, 9.17) is 10.6 Å². The average molecular weight is 285 g/mol. The van der Waals surface area contributed by atoms with Crippen molar-refractivity contribution in [2.24, 2.45) is 11.8 Å². The first kappa shape index (κ1) is 16.1. The first-order valence-corrected chi connectivity index (χ1v) is 7.19. The van der Waals surface area contributed by atoms with Crippen LogP contribution < -0.4 is 11.3 Å². The summed E-state index contributed by atoms with van der Waals surface area (Å²) in [4.78, 5) is 15.5. The molecule has 6 heteroatoms. The summed E-state index contributed by atoms with van der Waals surface area (Å²) in [6.07, 6.45) is 0. The molecule has 19 heavy (non-hydrogen) atoms. The van der Waals surface area contributed by atoms with Gasteiger partial charge < -0.3 is 4.74 Å². The van der Waals surface area contributed by atoms with Crippen LogP contribution in [0.25, 0.3) is 0 Å². The Morgan fingerprint density at radius 3 is 2.84 bits per heavy atom. The summed E-state index contributed by atoms with van der Waals surface area (Å²) >= 11 is 1.48. The number of nitrogen functional groups attached to an aromatic ring is 1. The Morgan fingerprint density at radius 1 is 1.53 bits per heavy atom. The Kier molecular flexibility index (Phi) is 7.01. The molecule has 5 nitrogen and oxygen atoms in total. The van der Waals surface area contributed by atoms with Crippen molar-refractivity contribution in [2.75, 3.05) is 26.8 Å². The highest BCUT2D eigenvalue weighted by Gasteiger charge is 2.12. The second-order valence-corrected chi connectivity index (χ2v) is 6.03. The highest BCUT2D eigenvalue weighted by Crippen LogP contribution is 2.18. The molecule has 3 N–H and O–H groups in total. The van der Waals surface area contributed by atoms with Crippen LogP contribution in [0, 0.1) is 5.92 Å². The van der Waals surface area contributed by atoms with Crippen LogP contribution in [-0.4, -0.2) is 37.6 Å². The third-order valence-electron chi connectivity index (χ3n) is 2.63. The van der Waals surface area contributed by atoms with E-state index >= 15 is 0 Å². The summed E-state index contributed by atoms with van der Waals surface area (Å²) in [5, 5.41) is 0. The van der Waals surface area contributed by atoms with Crippen molar-refractivity contribution >= 4 is 17.2 Å². The van der Waals surface area contributed by atoms with Gasteiger partial charge >= 0.3 is 0 Å². The van der Waals surface area contributed by atoms with Gasteiger partial charge in [-0.05, 0) is 18.1 Å². The first-order chi connectivity index (χ1) is 9.06. The topological polar surface area (TPSA) is 67.6 Å². The van der Waals surface area contributed by atoms with Gasteiger partial charge in [-0.3, -0.25) is 15.1 Å². The number of nitrogens with zero attached hydrogens (tertiary/aromatic N) is 1. The molecule has 108 valence electrons. The van der Waals surface area contributed by atoms with E-state index in [1.165, 1.54) is 11.3 Å². The van der Waals surface area contributed by atoms with Gasteiger partial charge in [0, 0.05) is 31.6 Å². The minimum absolute atomic E-state index is 0.233. The first-order valence-electron chi connectivity index (χ1n) is 6.37. The van der Waals surface area contributed by atoms with Crippen LogP contribution in [0.5, 0.6) is 0 Å². The van der Waals surface area contributed by atoms with Crippen LogP contribution in [0.15, 0.2) is 12.1 Å². The number of methoxy groups -OCH3 is 1. The van der Waals surface area contributed by atoms with Crippen molar-refractivity contribution in [2.45, 2.75) is 20.4 Å². The van der Waals surface area contributed by atoms with E-state index < -0.39 is 0 Å². The summed E-state index contributed by atoms with van der Waals surface area (Å²) in [5.41, 5.74) is 2.15. The molecule has 0 saturated carbocycles. The summed E-state index contributed by atoms with van der Waals surface area (Å²) in [7, 11) is 1.71. The van der Waals surface area contributed by atoms with Gasteiger partial charge in [0.15, 0.2) is 0 Å². The molecule has 0 unspecified atom stereocenters. The average Bonchev–Trinajstić information content (AvgIpc) is 2.82. The van der Waals surface area contributed by atoms with Gasteiger partial charge in [-0.25, -0.2) is 5.84 Å². The number of carbonyl (C=O) groups is 1. The number of thiophene rings is 1. The summed E-state index contributed by atoms with van der Waals surface area (Å²) in [6.45, 7) is 7.85. The molecule has 1 heterocycles. The van der Waals surface area contributed by atoms with E-state index in [1.54, 1.807) is 7.11 Å². The fourth-order valence-corrected chi connectivity index (χ4v) is 2.80. The maximum Gasteiger partial charge on any atom is 0.275 e. The number of rotatable bonds is 8. The van der Waals surface area contributed by atoms with Crippen molar-refractivity contribution in [1.82, 2.24) is 10.3 Å². The second-order valence-electron chi connectivity index (χ2n) is 4.86. The van der Waals surface area contributed by atoms with Crippen LogP contribution in [0.3, 0.4) is 0 Å². The van der Waals surface area contributed by atoms with Crippen LogP contribution in [-0.2, 0) is 11.3 Å². The van der Waals surface area contributed by atoms with Gasteiger partial charge in [-0.15, -0.1) is 11.3 Å². The Balaban J connectivity index is 2.61. The molecule has 1 aromatic rings. The molecule has 0 aliphatic rings. The molecular weight excluding hydrogens is 262 g/mol. The number of nitrogens with one attached hydrogen (secondary N) is 1. The largest absolute Gasteiger partial charge is 0.383 e. The summed E-state index contributed by atoms with van der Waals surface area (Å²) in [5.74, 6) is 5.49. The third kappa shape index (κ3) is 5.69. The molecule has 0 aliphatic heterocycles. The van der Waals surface area contributed by atoms with E-state index in [0.29, 0.717) is 17.4 Å². The van der Waals surface area contributed by atoms with Crippen molar-refractivity contribution in [3.63, 3.8) is 0 Å². The Labute approximate surface area is 118 Å². The van der Waals surface area contributed by atoms with Gasteiger partial charge in [0.25, 0.3) is 5.91 Å². The van der Waals surface area contributed by atoms with E-state index in [2.05, 4.69) is 24.2 Å². The molecule has 1 amide bonds. The highest BCUT2D eigenvalue weighted by atomic mass is 32.1. The second kappa shape index (κ2) is 8.27. The van der Waals surface area contributed by atoms with E-state index in [1.807, 2.05) is 12.1 Å². The van der Waals surface area contributed by atoms with Crippen LogP contribution in [0.4, 0.5) is 0 Å². The number of amides is 1. The zero-order valence-corrected chi connectivity index (χ0v) is 12.6. The molecular formula is C13H23N3O2S. The highest BCUT2D eigenvalue weighted by molar-refractivity contribution is 7.14. The quantitative estimate of drug-likeness (QED) is 0.431. The Hall–Kier alpha value is -0.950. The predicted octanol–water partition coefficient (Wildman–Crippen LogP) is 1.46. The zero-order chi connectivity index (χ0) is 14.3. The van der Waals surface area contributed by atoms with Crippen molar-refractivity contribution in [3.8, 4) is 0 Å². The summed E-state index contributed by atoms with van der Waals surface area (Å²) < 4.78 is 5.13. The minimum atomic E-state index is -0.233. The van der Waals surface area contributed by atoms with Gasteiger partial charge in [0.1, 0.15) is 0 Å². The fraction of sp³-hybridized carbons (Fsp3) is 0.615. The number of hydrogen-bond donors (Lipinski definition) is 2. The molecule has 0 spiro atoms. The zero-order valence-electron chi connectivity index (χ0n) is 11.8. The normalized spacial score (nSPS) is 11.3. The maximum atomic E-state index is 11.4. The third-order valence-corrected chi connectivity index (χ3v) is 3.70. The van der Waals surface area contributed by atoms with E-state index in [-0.39, 0.29) is 5.91 Å². The van der Waals surface area contributed by atoms with Crippen molar-refractivity contribution in [3.05, 3.63) is 21.9 Å². The molecule has 1 aromatic heterocycles. The summed E-state index contributed by atoms with van der Waals surface area (Å²) in [6, 6.07) is 3.79. The number of ether oxygens (including phenoxy) is 1. The SMILES string of the molecule is COCCN(Cc1ccc(C(=O)NN)s1)CC(C)C. The van der Waals surface area contributed by atoms with Gasteiger partial charge in [0.2, 0.25) is 0 Å². The molecule has 1 rings (SSSR count). The lowest BCUT2D eigenvalue weighted by Gasteiger charge is -2.23. The Morgan fingerprint density at radius 2 is 2.26 bits per heavy atom. The molecule has 0 fully saturated rings. The smallest absolute Gasteiger partial charge is 0.275 e. The fourth-order valence-electron chi connectivity index (χ4n) is 1.85.